The highest BCUT2D eigenvalue weighted by Gasteiger charge is 2.06. The van der Waals surface area contributed by atoms with Gasteiger partial charge in [-0.1, -0.05) is 0 Å². The lowest BCUT2D eigenvalue weighted by Gasteiger charge is -1.93. The molecule has 0 unspecified atom stereocenters. The number of fused-ring (bicyclic) bond motifs is 1. The SMILES string of the molecule is Cc1n[nH]c2cnn(C)c(=O)c12. The van der Waals surface area contributed by atoms with Crippen LogP contribution in [0.2, 0.25) is 0 Å². The summed E-state index contributed by atoms with van der Waals surface area (Å²) in [6, 6.07) is 0. The average molecular weight is 164 g/mol. The molecule has 0 atom stereocenters. The zero-order chi connectivity index (χ0) is 8.72. The van der Waals surface area contributed by atoms with Gasteiger partial charge in [-0.2, -0.15) is 10.2 Å². The molecule has 0 aliphatic heterocycles. The molecule has 0 fully saturated rings. The Balaban J connectivity index is 3.06. The Kier molecular flexibility index (Phi) is 1.27. The van der Waals surface area contributed by atoms with E-state index in [-0.39, 0.29) is 5.56 Å². The molecular weight excluding hydrogens is 156 g/mol. The highest BCUT2D eigenvalue weighted by molar-refractivity contribution is 5.78. The number of nitrogens with zero attached hydrogens (tertiary/aromatic N) is 3. The molecule has 0 bridgehead atoms. The Labute approximate surface area is 68.0 Å². The summed E-state index contributed by atoms with van der Waals surface area (Å²) in [4.78, 5) is 11.5. The van der Waals surface area contributed by atoms with Crippen LogP contribution in [0, 0.1) is 6.92 Å². The smallest absolute Gasteiger partial charge is 0.276 e. The lowest BCUT2D eigenvalue weighted by atomic mass is 10.3. The van der Waals surface area contributed by atoms with E-state index in [1.165, 1.54) is 4.68 Å². The predicted octanol–water partition coefficient (Wildman–Crippen LogP) is -0.0350. The summed E-state index contributed by atoms with van der Waals surface area (Å²) in [5.41, 5.74) is 1.29. The fraction of sp³-hybridized carbons (Fsp3) is 0.286. The van der Waals surface area contributed by atoms with E-state index in [1.807, 2.05) is 0 Å². The Morgan fingerprint density at radius 1 is 1.58 bits per heavy atom. The van der Waals surface area contributed by atoms with Crippen molar-refractivity contribution in [3.8, 4) is 0 Å². The first-order valence-electron chi connectivity index (χ1n) is 3.57. The maximum atomic E-state index is 11.5. The molecule has 5 nitrogen and oxygen atoms in total. The van der Waals surface area contributed by atoms with Crippen molar-refractivity contribution in [1.82, 2.24) is 20.0 Å². The van der Waals surface area contributed by atoms with Gasteiger partial charge in [0.05, 0.1) is 22.8 Å². The van der Waals surface area contributed by atoms with Crippen molar-refractivity contribution in [2.45, 2.75) is 6.92 Å². The third kappa shape index (κ3) is 0.761. The van der Waals surface area contributed by atoms with Gasteiger partial charge in [-0.3, -0.25) is 9.89 Å². The van der Waals surface area contributed by atoms with Crippen LogP contribution in [-0.2, 0) is 7.05 Å². The number of aromatic amines is 1. The number of hydrogen-bond acceptors (Lipinski definition) is 3. The van der Waals surface area contributed by atoms with Crippen LogP contribution in [0.25, 0.3) is 10.9 Å². The number of rotatable bonds is 0. The van der Waals surface area contributed by atoms with E-state index in [4.69, 9.17) is 0 Å². The first kappa shape index (κ1) is 7.02. The van der Waals surface area contributed by atoms with Crippen molar-refractivity contribution in [1.29, 1.82) is 0 Å². The normalized spacial score (nSPS) is 10.8. The molecule has 2 aromatic rings. The van der Waals surface area contributed by atoms with Crippen LogP contribution < -0.4 is 5.56 Å². The first-order chi connectivity index (χ1) is 5.70. The van der Waals surface area contributed by atoms with E-state index in [2.05, 4.69) is 15.3 Å². The van der Waals surface area contributed by atoms with Crippen molar-refractivity contribution in [3.63, 3.8) is 0 Å². The van der Waals surface area contributed by atoms with Gasteiger partial charge in [0.2, 0.25) is 0 Å². The van der Waals surface area contributed by atoms with Gasteiger partial charge in [0.1, 0.15) is 0 Å². The van der Waals surface area contributed by atoms with Crippen molar-refractivity contribution < 1.29 is 0 Å². The van der Waals surface area contributed by atoms with Gasteiger partial charge < -0.3 is 0 Å². The van der Waals surface area contributed by atoms with E-state index in [1.54, 1.807) is 20.2 Å². The molecule has 0 aromatic carbocycles. The minimum atomic E-state index is -0.112. The Morgan fingerprint density at radius 2 is 2.33 bits per heavy atom. The maximum Gasteiger partial charge on any atom is 0.277 e. The van der Waals surface area contributed by atoms with Crippen molar-refractivity contribution in [2.75, 3.05) is 0 Å². The van der Waals surface area contributed by atoms with Crippen LogP contribution in [0.15, 0.2) is 11.0 Å². The number of H-pyrrole nitrogens is 1. The predicted molar refractivity (Wildman–Crippen MR) is 43.9 cm³/mol. The van der Waals surface area contributed by atoms with E-state index in [9.17, 15) is 4.79 Å². The van der Waals surface area contributed by atoms with Gasteiger partial charge in [0, 0.05) is 7.05 Å². The average Bonchev–Trinajstić information content (AvgIpc) is 2.41. The fourth-order valence-corrected chi connectivity index (χ4v) is 1.17. The lowest BCUT2D eigenvalue weighted by molar-refractivity contribution is 0.717. The summed E-state index contributed by atoms with van der Waals surface area (Å²) >= 11 is 0. The van der Waals surface area contributed by atoms with Gasteiger partial charge in [-0.05, 0) is 6.92 Å². The molecule has 0 radical (unpaired) electrons. The second-order valence-corrected chi connectivity index (χ2v) is 2.67. The highest BCUT2D eigenvalue weighted by atomic mass is 16.1. The van der Waals surface area contributed by atoms with Gasteiger partial charge in [-0.25, -0.2) is 4.68 Å². The standard InChI is InChI=1S/C7H8N4O/c1-4-6-5(10-9-4)3-8-11(2)7(6)12/h3H,1-2H3,(H,9,10). The van der Waals surface area contributed by atoms with Crippen LogP contribution in [0.5, 0.6) is 0 Å². The molecule has 0 aliphatic carbocycles. The maximum absolute atomic E-state index is 11.5. The summed E-state index contributed by atoms with van der Waals surface area (Å²) in [5, 5.41) is 11.1. The van der Waals surface area contributed by atoms with Crippen molar-refractivity contribution in [3.05, 3.63) is 22.2 Å². The molecule has 5 heteroatoms. The van der Waals surface area contributed by atoms with Gasteiger partial charge in [0.25, 0.3) is 5.56 Å². The van der Waals surface area contributed by atoms with E-state index < -0.39 is 0 Å². The summed E-state index contributed by atoms with van der Waals surface area (Å²) in [7, 11) is 1.62. The number of nitrogens with one attached hydrogen (secondary N) is 1. The highest BCUT2D eigenvalue weighted by Crippen LogP contribution is 2.06. The summed E-state index contributed by atoms with van der Waals surface area (Å²) in [6.07, 6.45) is 1.59. The van der Waals surface area contributed by atoms with Crippen LogP contribution in [0.1, 0.15) is 5.69 Å². The first-order valence-corrected chi connectivity index (χ1v) is 3.57. The minimum Gasteiger partial charge on any atom is -0.276 e. The monoisotopic (exact) mass is 164 g/mol. The van der Waals surface area contributed by atoms with E-state index in [0.29, 0.717) is 16.6 Å². The van der Waals surface area contributed by atoms with Crippen LogP contribution in [0.3, 0.4) is 0 Å². The van der Waals surface area contributed by atoms with E-state index in [0.717, 1.165) is 0 Å². The third-order valence-electron chi connectivity index (χ3n) is 1.84. The van der Waals surface area contributed by atoms with Gasteiger partial charge >= 0.3 is 0 Å². The number of hydrogen-bond donors (Lipinski definition) is 1. The van der Waals surface area contributed by atoms with Crippen LogP contribution in [-0.4, -0.2) is 20.0 Å². The molecule has 0 spiro atoms. The molecule has 0 aliphatic rings. The van der Waals surface area contributed by atoms with Gasteiger partial charge in [-0.15, -0.1) is 0 Å². The molecule has 0 saturated heterocycles. The lowest BCUT2D eigenvalue weighted by Crippen LogP contribution is -2.18. The zero-order valence-corrected chi connectivity index (χ0v) is 6.83. The minimum absolute atomic E-state index is 0.112. The number of aryl methyl sites for hydroxylation is 2. The van der Waals surface area contributed by atoms with Crippen LogP contribution in [0.4, 0.5) is 0 Å². The molecule has 0 saturated carbocycles. The topological polar surface area (TPSA) is 63.6 Å². The second kappa shape index (κ2) is 2.17. The Morgan fingerprint density at radius 3 is 3.08 bits per heavy atom. The zero-order valence-electron chi connectivity index (χ0n) is 6.83. The third-order valence-corrected chi connectivity index (χ3v) is 1.84. The molecule has 0 amide bonds. The van der Waals surface area contributed by atoms with E-state index >= 15 is 0 Å². The fourth-order valence-electron chi connectivity index (χ4n) is 1.17. The molecule has 2 heterocycles. The summed E-state index contributed by atoms with van der Waals surface area (Å²) in [6.45, 7) is 1.79. The number of aromatic nitrogens is 4. The summed E-state index contributed by atoms with van der Waals surface area (Å²) < 4.78 is 1.30. The summed E-state index contributed by atoms with van der Waals surface area (Å²) in [5.74, 6) is 0. The molecule has 1 N–H and O–H groups in total. The molecule has 2 rings (SSSR count). The molecular formula is C7H8N4O. The molecule has 2 aromatic heterocycles. The quantitative estimate of drug-likeness (QED) is 0.594. The second-order valence-electron chi connectivity index (χ2n) is 2.67. The van der Waals surface area contributed by atoms with Gasteiger partial charge in [0.15, 0.2) is 0 Å². The molecule has 62 valence electrons. The van der Waals surface area contributed by atoms with Crippen LogP contribution >= 0.6 is 0 Å². The van der Waals surface area contributed by atoms with Crippen molar-refractivity contribution >= 4 is 10.9 Å². The van der Waals surface area contributed by atoms with Crippen molar-refractivity contribution in [2.24, 2.45) is 7.05 Å². The Bertz CT molecular complexity index is 482. The largest absolute Gasteiger partial charge is 0.277 e. The molecule has 12 heavy (non-hydrogen) atoms. The Hall–Kier alpha value is -1.65.